The molecule has 1 aromatic heterocycles. The molecule has 0 bridgehead atoms. The van der Waals surface area contributed by atoms with Crippen molar-refractivity contribution in [2.75, 3.05) is 25.0 Å². The molecule has 11 heteroatoms. The largest absolute Gasteiger partial charge is 0.353 e. The lowest BCUT2D eigenvalue weighted by molar-refractivity contribution is 0.101. The van der Waals surface area contributed by atoms with Crippen molar-refractivity contribution in [3.8, 4) is 0 Å². The van der Waals surface area contributed by atoms with Gasteiger partial charge in [0.1, 0.15) is 0 Å². The van der Waals surface area contributed by atoms with Gasteiger partial charge in [0.2, 0.25) is 15.2 Å². The number of sulfonamides is 1. The maximum Gasteiger partial charge on any atom is 0.243 e. The van der Waals surface area contributed by atoms with Gasteiger partial charge in [0.25, 0.3) is 0 Å². The van der Waals surface area contributed by atoms with Crippen LogP contribution in [0.3, 0.4) is 0 Å². The average Bonchev–Trinajstić information content (AvgIpc) is 3.29. The Balaban J connectivity index is 1.36. The maximum absolute atomic E-state index is 13.2. The molecule has 4 rings (SSSR count). The van der Waals surface area contributed by atoms with Crippen molar-refractivity contribution in [1.29, 1.82) is 0 Å². The van der Waals surface area contributed by atoms with Gasteiger partial charge in [-0.2, -0.15) is 4.31 Å². The highest BCUT2D eigenvalue weighted by atomic mass is 35.5. The summed E-state index contributed by atoms with van der Waals surface area (Å²) in [5.74, 6) is 1.07. The van der Waals surface area contributed by atoms with E-state index in [0.717, 1.165) is 16.3 Å². The van der Waals surface area contributed by atoms with Crippen LogP contribution in [0.1, 0.15) is 36.2 Å². The number of ketones is 1. The molecule has 2 aromatic carbocycles. The Morgan fingerprint density at radius 1 is 1.14 bits per heavy atom. The third-order valence-corrected chi connectivity index (χ3v) is 10.0. The van der Waals surface area contributed by atoms with E-state index in [1.165, 1.54) is 33.5 Å². The predicted octanol–water partition coefficient (Wildman–Crippen LogP) is 5.45. The molecule has 0 aliphatic carbocycles. The Hall–Kier alpha value is -1.98. The summed E-state index contributed by atoms with van der Waals surface area (Å²) in [5, 5.41) is 12.5. The Morgan fingerprint density at radius 2 is 1.89 bits per heavy atom. The highest BCUT2D eigenvalue weighted by molar-refractivity contribution is 8.00. The van der Waals surface area contributed by atoms with Crippen LogP contribution in [0.5, 0.6) is 0 Å². The molecule has 0 amide bonds. The third-order valence-electron chi connectivity index (χ3n) is 5.74. The average molecular weight is 551 g/mol. The van der Waals surface area contributed by atoms with Gasteiger partial charge >= 0.3 is 0 Å². The van der Waals surface area contributed by atoms with Crippen molar-refractivity contribution in [2.45, 2.75) is 35.3 Å². The number of nitrogens with one attached hydrogen (secondary N) is 1. The smallest absolute Gasteiger partial charge is 0.243 e. The Kier molecular flexibility index (Phi) is 8.49. The summed E-state index contributed by atoms with van der Waals surface area (Å²) in [6, 6.07) is 13.9. The molecular formula is C24H27ClN4O3S3. The minimum absolute atomic E-state index is 0.00883. The highest BCUT2D eigenvalue weighted by Gasteiger charge is 2.32. The SMILES string of the molecule is CC1CC(C)CN(S(=O)(=O)c2cccc(C(=O)CNc3nnc(SCc4ccccc4Cl)s3)c2)C1. The number of carbonyl (C=O) groups is 1. The quantitative estimate of drug-likeness (QED) is 0.280. The van der Waals surface area contributed by atoms with Gasteiger partial charge in [-0.15, -0.1) is 10.2 Å². The van der Waals surface area contributed by atoms with Gasteiger partial charge in [0, 0.05) is 29.4 Å². The molecule has 35 heavy (non-hydrogen) atoms. The first-order valence-corrected chi connectivity index (χ1v) is 14.9. The first-order chi connectivity index (χ1) is 16.7. The van der Waals surface area contributed by atoms with Crippen molar-refractivity contribution >= 4 is 55.6 Å². The maximum atomic E-state index is 13.2. The molecule has 1 aliphatic rings. The van der Waals surface area contributed by atoms with Crippen molar-refractivity contribution < 1.29 is 13.2 Å². The number of hydrogen-bond donors (Lipinski definition) is 1. The van der Waals surface area contributed by atoms with Gasteiger partial charge < -0.3 is 5.32 Å². The summed E-state index contributed by atoms with van der Waals surface area (Å²) in [6.45, 7) is 5.13. The molecule has 186 valence electrons. The number of rotatable bonds is 9. The van der Waals surface area contributed by atoms with Crippen LogP contribution in [0.15, 0.2) is 57.8 Å². The molecule has 7 nitrogen and oxygen atoms in total. The van der Waals surface area contributed by atoms with Crippen LogP contribution in [-0.4, -0.2) is 48.3 Å². The second kappa shape index (κ2) is 11.4. The first-order valence-electron chi connectivity index (χ1n) is 11.3. The van der Waals surface area contributed by atoms with Gasteiger partial charge in [-0.05, 0) is 42.0 Å². The fourth-order valence-electron chi connectivity index (χ4n) is 4.13. The number of anilines is 1. The number of thioether (sulfide) groups is 1. The van der Waals surface area contributed by atoms with E-state index in [1.54, 1.807) is 18.2 Å². The summed E-state index contributed by atoms with van der Waals surface area (Å²) in [7, 11) is -3.65. The molecule has 1 N–H and O–H groups in total. The van der Waals surface area contributed by atoms with Crippen LogP contribution in [0.2, 0.25) is 5.02 Å². The van der Waals surface area contributed by atoms with Crippen molar-refractivity contribution in [2.24, 2.45) is 11.8 Å². The zero-order valence-electron chi connectivity index (χ0n) is 19.5. The molecule has 1 aliphatic heterocycles. The van der Waals surface area contributed by atoms with E-state index in [1.807, 2.05) is 24.3 Å². The van der Waals surface area contributed by atoms with E-state index in [0.29, 0.717) is 46.4 Å². The van der Waals surface area contributed by atoms with E-state index in [2.05, 4.69) is 29.4 Å². The normalized spacial score (nSPS) is 18.9. The van der Waals surface area contributed by atoms with Gasteiger partial charge in [0.05, 0.1) is 11.4 Å². The molecule has 2 atom stereocenters. The van der Waals surface area contributed by atoms with Crippen LogP contribution in [-0.2, 0) is 15.8 Å². The third kappa shape index (κ3) is 6.62. The number of piperidine rings is 1. The van der Waals surface area contributed by atoms with Gasteiger partial charge in [0.15, 0.2) is 10.1 Å². The molecule has 1 saturated heterocycles. The standard InChI is InChI=1S/C24H27ClN4O3S3/c1-16-10-17(2)14-29(13-16)35(31,32)20-8-5-7-18(11-20)22(30)12-26-23-27-28-24(34-23)33-15-19-6-3-4-9-21(19)25/h3-9,11,16-17H,10,12-15H2,1-2H3,(H,26,27). The molecule has 0 spiro atoms. The van der Waals surface area contributed by atoms with Gasteiger partial charge in [-0.25, -0.2) is 8.42 Å². The zero-order chi connectivity index (χ0) is 25.0. The van der Waals surface area contributed by atoms with E-state index in [9.17, 15) is 13.2 Å². The van der Waals surface area contributed by atoms with Crippen LogP contribution in [0, 0.1) is 11.8 Å². The molecular weight excluding hydrogens is 524 g/mol. The van der Waals surface area contributed by atoms with E-state index >= 15 is 0 Å². The van der Waals surface area contributed by atoms with Crippen LogP contribution < -0.4 is 5.32 Å². The molecule has 0 radical (unpaired) electrons. The van der Waals surface area contributed by atoms with E-state index in [-0.39, 0.29) is 17.2 Å². The predicted molar refractivity (Wildman–Crippen MR) is 142 cm³/mol. The van der Waals surface area contributed by atoms with Crippen molar-refractivity contribution in [3.63, 3.8) is 0 Å². The lowest BCUT2D eigenvalue weighted by Gasteiger charge is -2.34. The van der Waals surface area contributed by atoms with Crippen LogP contribution >= 0.6 is 34.7 Å². The number of aromatic nitrogens is 2. The number of halogens is 1. The molecule has 1 fully saturated rings. The fraction of sp³-hybridized carbons (Fsp3) is 0.375. The summed E-state index contributed by atoms with van der Waals surface area (Å²) in [6.07, 6.45) is 1.02. The number of hydrogen-bond acceptors (Lipinski definition) is 8. The van der Waals surface area contributed by atoms with Gasteiger partial charge in [-0.1, -0.05) is 78.9 Å². The lowest BCUT2D eigenvalue weighted by Crippen LogP contribution is -2.42. The summed E-state index contributed by atoms with van der Waals surface area (Å²) >= 11 is 9.07. The summed E-state index contributed by atoms with van der Waals surface area (Å²) in [4.78, 5) is 12.9. The highest BCUT2D eigenvalue weighted by Crippen LogP contribution is 2.31. The summed E-state index contributed by atoms with van der Waals surface area (Å²) < 4.78 is 28.7. The molecule has 2 heterocycles. The monoisotopic (exact) mass is 550 g/mol. The molecule has 0 saturated carbocycles. The fourth-order valence-corrected chi connectivity index (χ4v) is 7.89. The van der Waals surface area contributed by atoms with E-state index < -0.39 is 10.0 Å². The zero-order valence-corrected chi connectivity index (χ0v) is 22.7. The van der Waals surface area contributed by atoms with Crippen LogP contribution in [0.25, 0.3) is 0 Å². The number of Topliss-reactive ketones (excluding diaryl/α,β-unsaturated/α-hetero) is 1. The van der Waals surface area contributed by atoms with Crippen molar-refractivity contribution in [3.05, 3.63) is 64.7 Å². The lowest BCUT2D eigenvalue weighted by atomic mass is 9.94. The summed E-state index contributed by atoms with van der Waals surface area (Å²) in [5.41, 5.74) is 1.36. The topological polar surface area (TPSA) is 92.3 Å². The molecule has 2 unspecified atom stereocenters. The van der Waals surface area contributed by atoms with Gasteiger partial charge in [-0.3, -0.25) is 4.79 Å². The minimum Gasteiger partial charge on any atom is -0.353 e. The van der Waals surface area contributed by atoms with Crippen LogP contribution in [0.4, 0.5) is 5.13 Å². The minimum atomic E-state index is -3.65. The Labute approximate surface area is 219 Å². The van der Waals surface area contributed by atoms with E-state index in [4.69, 9.17) is 11.6 Å². The van der Waals surface area contributed by atoms with Crippen molar-refractivity contribution in [1.82, 2.24) is 14.5 Å². The molecule has 3 aromatic rings. The Bertz CT molecular complexity index is 1290. The second-order valence-electron chi connectivity index (χ2n) is 8.83. The Morgan fingerprint density at radius 3 is 2.63 bits per heavy atom. The number of benzene rings is 2. The number of nitrogens with zero attached hydrogens (tertiary/aromatic N) is 3. The first kappa shape index (κ1) is 26.1. The number of carbonyl (C=O) groups excluding carboxylic acids is 1. The second-order valence-corrected chi connectivity index (χ2v) is 13.4.